The molecule has 2 aromatic heterocycles. The highest BCUT2D eigenvalue weighted by molar-refractivity contribution is 6.15. The minimum absolute atomic E-state index is 0.0557. The van der Waals surface area contributed by atoms with Crippen molar-refractivity contribution >= 4 is 40.9 Å². The minimum Gasteiger partial charge on any atom is -0.367 e. The number of carbonyl (C=O) groups is 2. The zero-order valence-corrected chi connectivity index (χ0v) is 16.0. The first-order valence-electron chi connectivity index (χ1n) is 9.63. The third-order valence-electron chi connectivity index (χ3n) is 4.96. The zero-order valence-electron chi connectivity index (χ0n) is 16.0. The Morgan fingerprint density at radius 3 is 2.87 bits per heavy atom. The third kappa shape index (κ3) is 3.49. The van der Waals surface area contributed by atoms with Crippen LogP contribution in [-0.2, 0) is 9.59 Å². The van der Waals surface area contributed by atoms with Crippen molar-refractivity contribution in [2.45, 2.75) is 25.3 Å². The molecule has 2 aliphatic rings. The molecular weight excluding hydrogens is 380 g/mol. The number of aromatic nitrogens is 3. The molecule has 8 heteroatoms. The van der Waals surface area contributed by atoms with E-state index in [0.717, 1.165) is 29.9 Å². The quantitative estimate of drug-likeness (QED) is 0.347. The minimum atomic E-state index is -0.379. The molecule has 0 atom stereocenters. The van der Waals surface area contributed by atoms with E-state index < -0.39 is 0 Å². The van der Waals surface area contributed by atoms with E-state index in [9.17, 15) is 9.59 Å². The van der Waals surface area contributed by atoms with Gasteiger partial charge in [0.15, 0.2) is 5.65 Å². The lowest BCUT2D eigenvalue weighted by molar-refractivity contribution is -0.124. The number of nitrogens with zero attached hydrogens (tertiary/aromatic N) is 3. The highest BCUT2D eigenvalue weighted by atomic mass is 16.2. The number of hydrogen-bond acceptors (Lipinski definition) is 6. The summed E-state index contributed by atoms with van der Waals surface area (Å²) in [6.07, 6.45) is 11.1. The standard InChI is InChI=1S/C22H18N6O2/c1-2-13-4-3-5-17(8-13)24-18-11-19(25-16-6-7-16)28-21(26-18)15(12-23-28)9-14-10-20(29)27-22(14)30/h1,3-5,8-9,11-12,16,25H,6-7,10H2,(H,24,26)(H,27,29,30)/b14-9+. The van der Waals surface area contributed by atoms with Crippen LogP contribution in [0.4, 0.5) is 17.3 Å². The van der Waals surface area contributed by atoms with Gasteiger partial charge in [-0.2, -0.15) is 9.61 Å². The van der Waals surface area contributed by atoms with Gasteiger partial charge >= 0.3 is 0 Å². The average molecular weight is 398 g/mol. The maximum atomic E-state index is 11.9. The van der Waals surface area contributed by atoms with E-state index in [4.69, 9.17) is 11.4 Å². The Kier molecular flexibility index (Phi) is 4.21. The van der Waals surface area contributed by atoms with Crippen LogP contribution < -0.4 is 16.0 Å². The fraction of sp³-hybridized carbons (Fsp3) is 0.182. The molecule has 1 saturated heterocycles. The summed E-state index contributed by atoms with van der Waals surface area (Å²) in [6, 6.07) is 9.82. The normalized spacial score (nSPS) is 17.2. The molecule has 1 saturated carbocycles. The van der Waals surface area contributed by atoms with Crippen LogP contribution in [0, 0.1) is 12.3 Å². The highest BCUT2D eigenvalue weighted by Crippen LogP contribution is 2.29. The van der Waals surface area contributed by atoms with E-state index in [1.54, 1.807) is 16.8 Å². The molecule has 0 unspecified atom stereocenters. The van der Waals surface area contributed by atoms with Crippen molar-refractivity contribution in [3.05, 3.63) is 53.2 Å². The number of nitrogens with one attached hydrogen (secondary N) is 3. The van der Waals surface area contributed by atoms with E-state index >= 15 is 0 Å². The SMILES string of the molecule is C#Cc1cccc(Nc2cc(NC3CC3)n3ncc(/C=C4\CC(=O)NC4=O)c3n2)c1. The summed E-state index contributed by atoms with van der Waals surface area (Å²) in [5.41, 5.74) is 3.23. The Bertz CT molecular complexity index is 1260. The van der Waals surface area contributed by atoms with Crippen molar-refractivity contribution in [1.29, 1.82) is 0 Å². The first kappa shape index (κ1) is 17.9. The maximum Gasteiger partial charge on any atom is 0.254 e. The number of rotatable bonds is 5. The molecule has 1 aliphatic heterocycles. The second kappa shape index (κ2) is 7.04. The molecule has 2 fully saturated rings. The highest BCUT2D eigenvalue weighted by Gasteiger charge is 2.25. The zero-order chi connectivity index (χ0) is 20.7. The number of carbonyl (C=O) groups excluding carboxylic acids is 2. The van der Waals surface area contributed by atoms with Gasteiger partial charge in [0.1, 0.15) is 11.6 Å². The van der Waals surface area contributed by atoms with Gasteiger partial charge in [0.2, 0.25) is 5.91 Å². The van der Waals surface area contributed by atoms with Gasteiger partial charge in [-0.25, -0.2) is 4.98 Å². The molecule has 5 rings (SSSR count). The molecular formula is C22H18N6O2. The Hall–Kier alpha value is -4.12. The summed E-state index contributed by atoms with van der Waals surface area (Å²) in [5.74, 6) is 3.36. The van der Waals surface area contributed by atoms with Gasteiger partial charge in [-0.3, -0.25) is 14.9 Å². The Morgan fingerprint density at radius 2 is 2.13 bits per heavy atom. The fourth-order valence-corrected chi connectivity index (χ4v) is 3.33. The van der Waals surface area contributed by atoms with E-state index in [-0.39, 0.29) is 18.2 Å². The molecule has 1 aliphatic carbocycles. The van der Waals surface area contributed by atoms with Gasteiger partial charge < -0.3 is 10.6 Å². The van der Waals surface area contributed by atoms with Gasteiger partial charge in [0, 0.05) is 34.5 Å². The van der Waals surface area contributed by atoms with E-state index in [1.165, 1.54) is 0 Å². The smallest absolute Gasteiger partial charge is 0.254 e. The molecule has 0 spiro atoms. The van der Waals surface area contributed by atoms with Crippen LogP contribution in [0.3, 0.4) is 0 Å². The van der Waals surface area contributed by atoms with Crippen molar-refractivity contribution in [3.63, 3.8) is 0 Å². The van der Waals surface area contributed by atoms with Crippen molar-refractivity contribution in [2.24, 2.45) is 0 Å². The second-order valence-corrected chi connectivity index (χ2v) is 7.35. The first-order valence-corrected chi connectivity index (χ1v) is 9.63. The van der Waals surface area contributed by atoms with Crippen molar-refractivity contribution < 1.29 is 9.59 Å². The number of imide groups is 1. The van der Waals surface area contributed by atoms with Crippen LogP contribution in [0.5, 0.6) is 0 Å². The Balaban J connectivity index is 1.57. The summed E-state index contributed by atoms with van der Waals surface area (Å²) in [6.45, 7) is 0. The van der Waals surface area contributed by atoms with Crippen molar-refractivity contribution in [1.82, 2.24) is 19.9 Å². The summed E-state index contributed by atoms with van der Waals surface area (Å²) >= 11 is 0. The van der Waals surface area contributed by atoms with Crippen LogP contribution in [0.25, 0.3) is 11.7 Å². The molecule has 1 aromatic carbocycles. The third-order valence-corrected chi connectivity index (χ3v) is 4.96. The summed E-state index contributed by atoms with van der Waals surface area (Å²) in [4.78, 5) is 28.1. The predicted molar refractivity (Wildman–Crippen MR) is 113 cm³/mol. The molecule has 30 heavy (non-hydrogen) atoms. The number of benzene rings is 1. The molecule has 0 radical (unpaired) electrons. The number of hydrogen-bond donors (Lipinski definition) is 3. The van der Waals surface area contributed by atoms with Crippen LogP contribution in [0.15, 0.2) is 42.1 Å². The van der Waals surface area contributed by atoms with Crippen LogP contribution in [0.1, 0.15) is 30.4 Å². The molecule has 148 valence electrons. The predicted octanol–water partition coefficient (Wildman–Crippen LogP) is 2.46. The Morgan fingerprint density at radius 1 is 1.27 bits per heavy atom. The van der Waals surface area contributed by atoms with Gasteiger partial charge in [-0.05, 0) is 37.1 Å². The summed E-state index contributed by atoms with van der Waals surface area (Å²) < 4.78 is 1.71. The lowest BCUT2D eigenvalue weighted by Crippen LogP contribution is -2.19. The second-order valence-electron chi connectivity index (χ2n) is 7.35. The van der Waals surface area contributed by atoms with E-state index in [0.29, 0.717) is 28.6 Å². The monoisotopic (exact) mass is 398 g/mol. The van der Waals surface area contributed by atoms with E-state index in [1.807, 2.05) is 30.3 Å². The summed E-state index contributed by atoms with van der Waals surface area (Å²) in [7, 11) is 0. The molecule has 0 bridgehead atoms. The van der Waals surface area contributed by atoms with Crippen LogP contribution in [0.2, 0.25) is 0 Å². The lowest BCUT2D eigenvalue weighted by atomic mass is 10.1. The lowest BCUT2D eigenvalue weighted by Gasteiger charge is -2.12. The van der Waals surface area contributed by atoms with Crippen LogP contribution >= 0.6 is 0 Å². The first-order chi connectivity index (χ1) is 14.6. The maximum absolute atomic E-state index is 11.9. The largest absolute Gasteiger partial charge is 0.367 e. The van der Waals surface area contributed by atoms with Gasteiger partial charge in [0.25, 0.3) is 5.91 Å². The molecule has 3 aromatic rings. The van der Waals surface area contributed by atoms with Gasteiger partial charge in [-0.1, -0.05) is 12.0 Å². The van der Waals surface area contributed by atoms with Crippen LogP contribution in [-0.4, -0.2) is 32.5 Å². The van der Waals surface area contributed by atoms with Crippen molar-refractivity contribution in [3.8, 4) is 12.3 Å². The molecule has 8 nitrogen and oxygen atoms in total. The molecule has 2 amide bonds. The van der Waals surface area contributed by atoms with E-state index in [2.05, 4.69) is 27.0 Å². The summed E-state index contributed by atoms with van der Waals surface area (Å²) in [5, 5.41) is 13.5. The van der Waals surface area contributed by atoms with Gasteiger partial charge in [0.05, 0.1) is 12.6 Å². The van der Waals surface area contributed by atoms with Crippen molar-refractivity contribution in [2.75, 3.05) is 10.6 Å². The number of amides is 2. The average Bonchev–Trinajstić information content (AvgIpc) is 3.37. The topological polar surface area (TPSA) is 100 Å². The molecule has 3 heterocycles. The number of fused-ring (bicyclic) bond motifs is 1. The van der Waals surface area contributed by atoms with Gasteiger partial charge in [-0.15, -0.1) is 6.42 Å². The molecule has 3 N–H and O–H groups in total. The number of anilines is 3. The Labute approximate surface area is 172 Å². The fourth-order valence-electron chi connectivity index (χ4n) is 3.33. The number of terminal acetylenes is 1.